The van der Waals surface area contributed by atoms with Crippen molar-refractivity contribution in [2.24, 2.45) is 0 Å². The zero-order chi connectivity index (χ0) is 16.9. The van der Waals surface area contributed by atoms with Crippen molar-refractivity contribution in [2.75, 3.05) is 19.0 Å². The van der Waals surface area contributed by atoms with Gasteiger partial charge in [-0.05, 0) is 25.0 Å². The topological polar surface area (TPSA) is 80.5 Å². The predicted molar refractivity (Wildman–Crippen MR) is 89.0 cm³/mol. The van der Waals surface area contributed by atoms with E-state index >= 15 is 0 Å². The van der Waals surface area contributed by atoms with Gasteiger partial charge in [-0.15, -0.1) is 0 Å². The number of hydrogen-bond donors (Lipinski definition) is 1. The van der Waals surface area contributed by atoms with Crippen LogP contribution >= 0.6 is 0 Å². The number of urea groups is 1. The molecule has 1 saturated heterocycles. The Morgan fingerprint density at radius 3 is 2.92 bits per heavy atom. The van der Waals surface area contributed by atoms with Crippen LogP contribution in [0.3, 0.4) is 0 Å². The Kier molecular flexibility index (Phi) is 4.98. The Morgan fingerprint density at radius 1 is 1.33 bits per heavy atom. The minimum atomic E-state index is -0.172. The maximum absolute atomic E-state index is 12.9. The van der Waals surface area contributed by atoms with E-state index in [4.69, 9.17) is 9.26 Å². The average Bonchev–Trinajstić information content (AvgIpc) is 2.87. The number of aromatic nitrogens is 2. The van der Waals surface area contributed by atoms with E-state index in [1.807, 2.05) is 24.3 Å². The molecule has 0 bridgehead atoms. The number of hydrogen-bond acceptors (Lipinski definition) is 5. The number of likely N-dealkylation sites (tertiary alicyclic amines) is 1. The van der Waals surface area contributed by atoms with Gasteiger partial charge in [0.05, 0.1) is 18.8 Å². The number of benzene rings is 1. The molecule has 1 aliphatic rings. The van der Waals surface area contributed by atoms with Gasteiger partial charge in [0.2, 0.25) is 5.89 Å². The fraction of sp³-hybridized carbons (Fsp3) is 0.471. The summed E-state index contributed by atoms with van der Waals surface area (Å²) < 4.78 is 10.4. The van der Waals surface area contributed by atoms with Gasteiger partial charge in [-0.3, -0.25) is 0 Å². The smallest absolute Gasteiger partial charge is 0.322 e. The Bertz CT molecular complexity index is 701. The van der Waals surface area contributed by atoms with Crippen molar-refractivity contribution in [1.82, 2.24) is 15.0 Å². The van der Waals surface area contributed by atoms with Crippen LogP contribution in [0.25, 0.3) is 0 Å². The second-order valence-corrected chi connectivity index (χ2v) is 5.86. The third-order valence-electron chi connectivity index (χ3n) is 4.20. The number of amides is 2. The van der Waals surface area contributed by atoms with Gasteiger partial charge in [0, 0.05) is 13.5 Å². The van der Waals surface area contributed by atoms with Crippen LogP contribution in [0.5, 0.6) is 5.75 Å². The number of nitrogens with zero attached hydrogens (tertiary/aromatic N) is 3. The van der Waals surface area contributed by atoms with Crippen molar-refractivity contribution in [2.45, 2.75) is 38.6 Å². The Morgan fingerprint density at radius 2 is 2.17 bits per heavy atom. The number of aryl methyl sites for hydroxylation is 1. The second-order valence-electron chi connectivity index (χ2n) is 5.86. The quantitative estimate of drug-likeness (QED) is 0.931. The molecule has 0 radical (unpaired) electrons. The average molecular weight is 330 g/mol. The molecule has 0 aliphatic carbocycles. The first-order chi connectivity index (χ1) is 11.7. The standard InChI is InChI=1S/C17H22N4O3/c1-12-18-16(20-24-12)14-9-4-3-7-11-21(14)17(22)19-13-8-5-6-10-15(13)23-2/h5-6,8,10,14H,3-4,7,9,11H2,1-2H3,(H,19,22)/t14-/m1/s1. The highest BCUT2D eigenvalue weighted by molar-refractivity contribution is 5.91. The van der Waals surface area contributed by atoms with Gasteiger partial charge in [-0.25, -0.2) is 4.79 Å². The van der Waals surface area contributed by atoms with E-state index < -0.39 is 0 Å². The minimum absolute atomic E-state index is 0.167. The van der Waals surface area contributed by atoms with Crippen molar-refractivity contribution < 1.29 is 14.1 Å². The summed E-state index contributed by atoms with van der Waals surface area (Å²) >= 11 is 0. The monoisotopic (exact) mass is 330 g/mol. The number of anilines is 1. The molecule has 2 aromatic rings. The first kappa shape index (κ1) is 16.3. The van der Waals surface area contributed by atoms with Crippen LogP contribution in [-0.4, -0.2) is 34.7 Å². The normalized spacial score (nSPS) is 18.1. The first-order valence-electron chi connectivity index (χ1n) is 8.20. The van der Waals surface area contributed by atoms with Crippen LogP contribution in [0.1, 0.15) is 43.4 Å². The molecule has 24 heavy (non-hydrogen) atoms. The van der Waals surface area contributed by atoms with Crippen molar-refractivity contribution >= 4 is 11.7 Å². The minimum Gasteiger partial charge on any atom is -0.495 e. The lowest BCUT2D eigenvalue weighted by Gasteiger charge is -2.28. The molecular weight excluding hydrogens is 308 g/mol. The highest BCUT2D eigenvalue weighted by Gasteiger charge is 2.30. The first-order valence-corrected chi connectivity index (χ1v) is 8.20. The summed E-state index contributed by atoms with van der Waals surface area (Å²) in [6.45, 7) is 2.42. The number of carbonyl (C=O) groups excluding carboxylic acids is 1. The lowest BCUT2D eigenvalue weighted by Crippen LogP contribution is -2.38. The number of carbonyl (C=O) groups is 1. The van der Waals surface area contributed by atoms with E-state index in [-0.39, 0.29) is 12.1 Å². The summed E-state index contributed by atoms with van der Waals surface area (Å²) in [5, 5.41) is 6.96. The summed E-state index contributed by atoms with van der Waals surface area (Å²) in [6.07, 6.45) is 3.92. The van der Waals surface area contributed by atoms with Crippen LogP contribution in [0.15, 0.2) is 28.8 Å². The molecule has 0 unspecified atom stereocenters. The largest absolute Gasteiger partial charge is 0.495 e. The predicted octanol–water partition coefficient (Wildman–Crippen LogP) is 3.54. The molecular formula is C17H22N4O3. The third-order valence-corrected chi connectivity index (χ3v) is 4.20. The van der Waals surface area contributed by atoms with Gasteiger partial charge >= 0.3 is 6.03 Å². The molecule has 1 aliphatic heterocycles. The van der Waals surface area contributed by atoms with Gasteiger partial charge < -0.3 is 19.5 Å². The molecule has 128 valence electrons. The second kappa shape index (κ2) is 7.33. The van der Waals surface area contributed by atoms with Gasteiger partial charge in [-0.1, -0.05) is 30.1 Å². The number of rotatable bonds is 3. The van der Waals surface area contributed by atoms with Crippen LogP contribution in [0.2, 0.25) is 0 Å². The van der Waals surface area contributed by atoms with E-state index in [0.29, 0.717) is 29.7 Å². The molecule has 7 heteroatoms. The summed E-state index contributed by atoms with van der Waals surface area (Å²) in [6, 6.07) is 7.03. The van der Waals surface area contributed by atoms with Gasteiger partial charge in [0.25, 0.3) is 0 Å². The molecule has 1 fully saturated rings. The number of ether oxygens (including phenoxy) is 1. The van der Waals surface area contributed by atoms with E-state index in [2.05, 4.69) is 15.5 Å². The zero-order valence-corrected chi connectivity index (χ0v) is 14.0. The lowest BCUT2D eigenvalue weighted by molar-refractivity contribution is 0.184. The van der Waals surface area contributed by atoms with Crippen molar-refractivity contribution in [3.05, 3.63) is 36.0 Å². The SMILES string of the molecule is COc1ccccc1NC(=O)N1CCCCC[C@@H]1c1noc(C)n1. The molecule has 2 heterocycles. The van der Waals surface area contributed by atoms with E-state index in [1.165, 1.54) is 0 Å². The molecule has 7 nitrogen and oxygen atoms in total. The molecule has 1 aromatic carbocycles. The number of methoxy groups -OCH3 is 1. The molecule has 0 spiro atoms. The van der Waals surface area contributed by atoms with Crippen molar-refractivity contribution in [3.8, 4) is 5.75 Å². The molecule has 0 saturated carbocycles. The Labute approximate surface area is 141 Å². The third kappa shape index (κ3) is 3.50. The van der Waals surface area contributed by atoms with Crippen LogP contribution < -0.4 is 10.1 Å². The van der Waals surface area contributed by atoms with E-state index in [9.17, 15) is 4.79 Å². The van der Waals surface area contributed by atoms with Crippen molar-refractivity contribution in [3.63, 3.8) is 0 Å². The number of para-hydroxylation sites is 2. The molecule has 1 N–H and O–H groups in total. The van der Waals surface area contributed by atoms with Crippen LogP contribution in [0.4, 0.5) is 10.5 Å². The highest BCUT2D eigenvalue weighted by Crippen LogP contribution is 2.30. The maximum atomic E-state index is 12.9. The summed E-state index contributed by atoms with van der Waals surface area (Å²) in [5.41, 5.74) is 0.650. The molecule has 2 amide bonds. The lowest BCUT2D eigenvalue weighted by atomic mass is 10.1. The maximum Gasteiger partial charge on any atom is 0.322 e. The summed E-state index contributed by atoms with van der Waals surface area (Å²) in [5.74, 6) is 1.72. The number of nitrogens with one attached hydrogen (secondary N) is 1. The van der Waals surface area contributed by atoms with Gasteiger partial charge in [0.1, 0.15) is 5.75 Å². The van der Waals surface area contributed by atoms with Gasteiger partial charge in [0.15, 0.2) is 5.82 Å². The zero-order valence-electron chi connectivity index (χ0n) is 14.0. The van der Waals surface area contributed by atoms with E-state index in [1.54, 1.807) is 18.9 Å². The summed E-state index contributed by atoms with van der Waals surface area (Å²) in [7, 11) is 1.59. The van der Waals surface area contributed by atoms with Crippen LogP contribution in [0, 0.1) is 6.92 Å². The summed E-state index contributed by atoms with van der Waals surface area (Å²) in [4.78, 5) is 19.0. The molecule has 1 atom stereocenters. The highest BCUT2D eigenvalue weighted by atomic mass is 16.5. The Hall–Kier alpha value is -2.57. The van der Waals surface area contributed by atoms with Crippen LogP contribution in [-0.2, 0) is 0 Å². The molecule has 3 rings (SSSR count). The Balaban J connectivity index is 1.82. The fourth-order valence-corrected chi connectivity index (χ4v) is 3.01. The fourth-order valence-electron chi connectivity index (χ4n) is 3.01. The molecule has 1 aromatic heterocycles. The van der Waals surface area contributed by atoms with Crippen molar-refractivity contribution in [1.29, 1.82) is 0 Å². The van der Waals surface area contributed by atoms with Gasteiger partial charge in [-0.2, -0.15) is 4.98 Å². The van der Waals surface area contributed by atoms with E-state index in [0.717, 1.165) is 25.7 Å².